The van der Waals surface area contributed by atoms with Gasteiger partial charge in [0.05, 0.1) is 18.5 Å². The molecule has 0 amide bonds. The first kappa shape index (κ1) is 11.6. The van der Waals surface area contributed by atoms with Crippen molar-refractivity contribution in [3.63, 3.8) is 0 Å². The summed E-state index contributed by atoms with van der Waals surface area (Å²) in [6.45, 7) is 0.823. The van der Waals surface area contributed by atoms with Crippen molar-refractivity contribution in [2.75, 3.05) is 6.61 Å². The van der Waals surface area contributed by atoms with Gasteiger partial charge < -0.3 is 9.84 Å². The van der Waals surface area contributed by atoms with Gasteiger partial charge in [-0.15, -0.1) is 0 Å². The normalized spacial score (nSPS) is 31.0. The molecule has 0 aromatic rings. The molecule has 0 saturated heterocycles. The Balaban J connectivity index is 1.68. The first-order valence-corrected chi connectivity index (χ1v) is 7.26. The lowest BCUT2D eigenvalue weighted by Gasteiger charge is -2.43. The number of ether oxygens (including phenoxy) is 1. The minimum atomic E-state index is -0.533. The Kier molecular flexibility index (Phi) is 2.94. The van der Waals surface area contributed by atoms with Gasteiger partial charge in [-0.05, 0) is 62.4 Å². The summed E-state index contributed by atoms with van der Waals surface area (Å²) in [6, 6.07) is 0. The fourth-order valence-corrected chi connectivity index (χ4v) is 4.05. The molecular weight excluding hydrogens is 212 g/mol. The van der Waals surface area contributed by atoms with E-state index in [0.717, 1.165) is 37.9 Å². The Bertz CT molecular complexity index is 303. The fourth-order valence-electron chi connectivity index (χ4n) is 4.05. The zero-order valence-electron chi connectivity index (χ0n) is 10.7. The molecule has 0 aromatic carbocycles. The topological polar surface area (TPSA) is 29.5 Å². The van der Waals surface area contributed by atoms with E-state index in [9.17, 15) is 5.11 Å². The zero-order valence-corrected chi connectivity index (χ0v) is 10.7. The highest BCUT2D eigenvalue weighted by Gasteiger charge is 2.44. The molecule has 96 valence electrons. The molecule has 2 nitrogen and oxygen atoms in total. The predicted octanol–water partition coefficient (Wildman–Crippen LogP) is 3.55. The maximum atomic E-state index is 10.8. The quantitative estimate of drug-likeness (QED) is 0.754. The van der Waals surface area contributed by atoms with Crippen LogP contribution in [0.25, 0.3) is 0 Å². The zero-order chi connectivity index (χ0) is 11.8. The van der Waals surface area contributed by atoms with Gasteiger partial charge in [-0.1, -0.05) is 12.8 Å². The van der Waals surface area contributed by atoms with E-state index in [1.807, 2.05) is 6.26 Å². The van der Waals surface area contributed by atoms with E-state index in [2.05, 4.69) is 0 Å². The largest absolute Gasteiger partial charge is 0.501 e. The van der Waals surface area contributed by atoms with Gasteiger partial charge in [0.2, 0.25) is 0 Å². The molecule has 0 radical (unpaired) electrons. The molecule has 1 heterocycles. The molecule has 17 heavy (non-hydrogen) atoms. The van der Waals surface area contributed by atoms with Crippen molar-refractivity contribution >= 4 is 0 Å². The highest BCUT2D eigenvalue weighted by atomic mass is 16.5. The van der Waals surface area contributed by atoms with Crippen LogP contribution in [0.4, 0.5) is 0 Å². The van der Waals surface area contributed by atoms with Crippen LogP contribution >= 0.6 is 0 Å². The van der Waals surface area contributed by atoms with Crippen molar-refractivity contribution < 1.29 is 9.84 Å². The Morgan fingerprint density at radius 3 is 2.24 bits per heavy atom. The van der Waals surface area contributed by atoms with Crippen molar-refractivity contribution in [2.24, 2.45) is 5.41 Å². The molecule has 1 aliphatic heterocycles. The SMILES string of the molecule is OC1(C2=COCCC2)CCC2(CCCC2)CC1. The highest BCUT2D eigenvalue weighted by molar-refractivity contribution is 5.18. The molecule has 0 bridgehead atoms. The molecule has 2 heteroatoms. The average molecular weight is 236 g/mol. The van der Waals surface area contributed by atoms with E-state index >= 15 is 0 Å². The predicted molar refractivity (Wildman–Crippen MR) is 67.6 cm³/mol. The summed E-state index contributed by atoms with van der Waals surface area (Å²) in [7, 11) is 0. The summed E-state index contributed by atoms with van der Waals surface area (Å²) in [4.78, 5) is 0. The van der Waals surface area contributed by atoms with Crippen LogP contribution in [0.5, 0.6) is 0 Å². The molecule has 2 fully saturated rings. The second-order valence-corrected chi connectivity index (χ2v) is 6.36. The van der Waals surface area contributed by atoms with Gasteiger partial charge >= 0.3 is 0 Å². The average Bonchev–Trinajstić information content (AvgIpc) is 2.84. The Morgan fingerprint density at radius 2 is 1.65 bits per heavy atom. The van der Waals surface area contributed by atoms with E-state index in [-0.39, 0.29) is 0 Å². The lowest BCUT2D eigenvalue weighted by molar-refractivity contribution is -0.0117. The van der Waals surface area contributed by atoms with Gasteiger partial charge in [0.25, 0.3) is 0 Å². The molecule has 1 spiro atoms. The lowest BCUT2D eigenvalue weighted by Crippen LogP contribution is -2.40. The van der Waals surface area contributed by atoms with E-state index in [1.54, 1.807) is 0 Å². The van der Waals surface area contributed by atoms with E-state index in [4.69, 9.17) is 4.74 Å². The van der Waals surface area contributed by atoms with Gasteiger partial charge in [0, 0.05) is 0 Å². The molecule has 0 aromatic heterocycles. The maximum absolute atomic E-state index is 10.8. The van der Waals surface area contributed by atoms with Crippen LogP contribution < -0.4 is 0 Å². The minimum Gasteiger partial charge on any atom is -0.501 e. The minimum absolute atomic E-state index is 0.533. The molecule has 0 atom stereocenters. The van der Waals surface area contributed by atoms with Gasteiger partial charge in [-0.3, -0.25) is 0 Å². The number of rotatable bonds is 1. The third-order valence-corrected chi connectivity index (χ3v) is 5.33. The molecule has 2 saturated carbocycles. The van der Waals surface area contributed by atoms with Gasteiger partial charge in [0.15, 0.2) is 0 Å². The lowest BCUT2D eigenvalue weighted by atomic mass is 9.65. The van der Waals surface area contributed by atoms with Crippen LogP contribution in [-0.4, -0.2) is 17.3 Å². The molecular formula is C15H24O2. The van der Waals surface area contributed by atoms with Crippen LogP contribution in [-0.2, 0) is 4.74 Å². The summed E-state index contributed by atoms with van der Waals surface area (Å²) in [5.41, 5.74) is 1.23. The summed E-state index contributed by atoms with van der Waals surface area (Å²) in [5.74, 6) is 0. The smallest absolute Gasteiger partial charge is 0.0889 e. The first-order chi connectivity index (χ1) is 8.23. The van der Waals surface area contributed by atoms with Crippen LogP contribution in [0.1, 0.15) is 64.2 Å². The molecule has 0 unspecified atom stereocenters. The van der Waals surface area contributed by atoms with Crippen LogP contribution in [0.15, 0.2) is 11.8 Å². The van der Waals surface area contributed by atoms with Crippen LogP contribution in [0.3, 0.4) is 0 Å². The van der Waals surface area contributed by atoms with E-state index in [0.29, 0.717) is 5.41 Å². The second kappa shape index (κ2) is 4.31. The van der Waals surface area contributed by atoms with Crippen molar-refractivity contribution in [2.45, 2.75) is 69.8 Å². The van der Waals surface area contributed by atoms with Gasteiger partial charge in [-0.25, -0.2) is 0 Å². The van der Waals surface area contributed by atoms with E-state index < -0.39 is 5.60 Å². The fraction of sp³-hybridized carbons (Fsp3) is 0.867. The van der Waals surface area contributed by atoms with Crippen molar-refractivity contribution in [1.29, 1.82) is 0 Å². The summed E-state index contributed by atoms with van der Waals surface area (Å²) >= 11 is 0. The standard InChI is InChI=1S/C15H24O2/c16-15(13-4-3-11-17-12-13)9-7-14(8-10-15)5-1-2-6-14/h12,16H,1-11H2. The van der Waals surface area contributed by atoms with E-state index in [1.165, 1.54) is 38.5 Å². The number of aliphatic hydroxyl groups is 1. The number of hydrogen-bond donors (Lipinski definition) is 1. The molecule has 3 aliphatic rings. The second-order valence-electron chi connectivity index (χ2n) is 6.36. The number of hydrogen-bond acceptors (Lipinski definition) is 2. The summed E-state index contributed by atoms with van der Waals surface area (Å²) in [6.07, 6.45) is 13.9. The summed E-state index contributed by atoms with van der Waals surface area (Å²) in [5, 5.41) is 10.8. The molecule has 1 N–H and O–H groups in total. The highest BCUT2D eigenvalue weighted by Crippen LogP contribution is 2.53. The van der Waals surface area contributed by atoms with Crippen LogP contribution in [0, 0.1) is 5.41 Å². The maximum Gasteiger partial charge on any atom is 0.0889 e. The Hall–Kier alpha value is -0.500. The van der Waals surface area contributed by atoms with Crippen molar-refractivity contribution in [3.8, 4) is 0 Å². The Morgan fingerprint density at radius 1 is 0.941 bits per heavy atom. The van der Waals surface area contributed by atoms with Crippen molar-refractivity contribution in [1.82, 2.24) is 0 Å². The van der Waals surface area contributed by atoms with Crippen molar-refractivity contribution in [3.05, 3.63) is 11.8 Å². The Labute approximate surface area is 104 Å². The third kappa shape index (κ3) is 2.12. The van der Waals surface area contributed by atoms with Gasteiger partial charge in [-0.2, -0.15) is 0 Å². The van der Waals surface area contributed by atoms with Crippen LogP contribution in [0.2, 0.25) is 0 Å². The first-order valence-electron chi connectivity index (χ1n) is 7.26. The molecule has 2 aliphatic carbocycles. The monoisotopic (exact) mass is 236 g/mol. The third-order valence-electron chi connectivity index (χ3n) is 5.33. The molecule has 3 rings (SSSR count). The summed E-state index contributed by atoms with van der Waals surface area (Å²) < 4.78 is 5.40. The van der Waals surface area contributed by atoms with Gasteiger partial charge in [0.1, 0.15) is 0 Å².